The second-order valence-electron chi connectivity index (χ2n) is 7.75. The largest absolute Gasteiger partial charge is 0.481 e. The van der Waals surface area contributed by atoms with Gasteiger partial charge >= 0.3 is 12.1 Å². The van der Waals surface area contributed by atoms with Gasteiger partial charge in [0.15, 0.2) is 0 Å². The molecule has 3 aromatic rings. The number of rotatable bonds is 9. The fourth-order valence-corrected chi connectivity index (χ4v) is 4.01. The van der Waals surface area contributed by atoms with Crippen molar-refractivity contribution in [3.8, 4) is 11.1 Å². The highest BCUT2D eigenvalue weighted by Gasteiger charge is 2.30. The number of nitrogens with zero attached hydrogens (tertiary/aromatic N) is 1. The molecule has 0 saturated carbocycles. The lowest BCUT2D eigenvalue weighted by molar-refractivity contribution is -0.137. The minimum Gasteiger partial charge on any atom is -0.481 e. The first-order valence-corrected chi connectivity index (χ1v) is 10.6. The van der Waals surface area contributed by atoms with Gasteiger partial charge in [-0.3, -0.25) is 14.7 Å². The van der Waals surface area contributed by atoms with E-state index in [1.54, 1.807) is 12.3 Å². The van der Waals surface area contributed by atoms with E-state index in [1.807, 2.05) is 48.5 Å². The average molecular weight is 448 g/mol. The van der Waals surface area contributed by atoms with E-state index in [-0.39, 0.29) is 31.9 Å². The maximum absolute atomic E-state index is 12.6. The molecule has 9 heteroatoms. The van der Waals surface area contributed by atoms with Crippen molar-refractivity contribution in [1.82, 2.24) is 20.8 Å². The van der Waals surface area contributed by atoms with Gasteiger partial charge in [-0.15, -0.1) is 0 Å². The van der Waals surface area contributed by atoms with Crippen molar-refractivity contribution in [3.05, 3.63) is 77.6 Å². The number of H-pyrrole nitrogens is 1. The van der Waals surface area contributed by atoms with Crippen LogP contribution in [0.15, 0.2) is 60.8 Å². The summed E-state index contributed by atoms with van der Waals surface area (Å²) in [6, 6.07) is 16.6. The Bertz CT molecular complexity index is 1100. The number of carboxylic acids is 1. The maximum atomic E-state index is 12.6. The van der Waals surface area contributed by atoms with Crippen LogP contribution in [0.4, 0.5) is 4.79 Å². The maximum Gasteiger partial charge on any atom is 0.407 e. The number of alkyl carbamates (subject to hydrolysis) is 1. The molecule has 9 nitrogen and oxygen atoms in total. The Morgan fingerprint density at radius 2 is 1.70 bits per heavy atom. The number of fused-ring (bicyclic) bond motifs is 3. The van der Waals surface area contributed by atoms with Gasteiger partial charge in [-0.25, -0.2) is 4.79 Å². The topological polar surface area (TPSA) is 133 Å². The van der Waals surface area contributed by atoms with Crippen LogP contribution in [0.5, 0.6) is 0 Å². The quantitative estimate of drug-likeness (QED) is 0.398. The molecule has 0 bridgehead atoms. The van der Waals surface area contributed by atoms with Crippen LogP contribution in [0.3, 0.4) is 0 Å². The summed E-state index contributed by atoms with van der Waals surface area (Å²) < 4.78 is 5.48. The van der Waals surface area contributed by atoms with E-state index in [9.17, 15) is 14.4 Å². The number of hydrogen-bond acceptors (Lipinski definition) is 5. The normalized spacial score (nSPS) is 13.0. The molecule has 0 fully saturated rings. The van der Waals surface area contributed by atoms with Crippen molar-refractivity contribution in [3.63, 3.8) is 0 Å². The number of hydrogen-bond donors (Lipinski definition) is 4. The molecule has 1 atom stereocenters. The number of aliphatic carboxylic acids is 1. The first kappa shape index (κ1) is 22.1. The van der Waals surface area contributed by atoms with Gasteiger partial charge < -0.3 is 20.5 Å². The van der Waals surface area contributed by atoms with Gasteiger partial charge in [0.25, 0.3) is 0 Å². The summed E-state index contributed by atoms with van der Waals surface area (Å²) in [6.07, 6.45) is 0.447. The lowest BCUT2D eigenvalue weighted by atomic mass is 9.98. The van der Waals surface area contributed by atoms with Crippen molar-refractivity contribution < 1.29 is 24.2 Å². The summed E-state index contributed by atoms with van der Waals surface area (Å²) >= 11 is 0. The second kappa shape index (κ2) is 9.99. The van der Waals surface area contributed by atoms with Gasteiger partial charge in [-0.1, -0.05) is 48.5 Å². The lowest BCUT2D eigenvalue weighted by Gasteiger charge is -2.19. The van der Waals surface area contributed by atoms with Crippen molar-refractivity contribution in [2.45, 2.75) is 31.3 Å². The lowest BCUT2D eigenvalue weighted by Crippen LogP contribution is -2.47. The number of carbonyl (C=O) groups excluding carboxylic acids is 2. The first-order chi connectivity index (χ1) is 16.0. The van der Waals surface area contributed by atoms with Crippen LogP contribution in [-0.4, -0.2) is 45.9 Å². The molecular formula is C24H24N4O5. The van der Waals surface area contributed by atoms with Crippen LogP contribution in [0.1, 0.15) is 35.6 Å². The molecule has 0 radical (unpaired) electrons. The molecule has 2 aromatic carbocycles. The van der Waals surface area contributed by atoms with Crippen LogP contribution in [-0.2, 0) is 20.9 Å². The molecule has 1 aliphatic carbocycles. The predicted octanol–water partition coefficient (Wildman–Crippen LogP) is 2.80. The first-order valence-electron chi connectivity index (χ1n) is 10.6. The molecule has 0 spiro atoms. The number of carbonyl (C=O) groups is 3. The molecule has 0 saturated heterocycles. The van der Waals surface area contributed by atoms with Crippen molar-refractivity contribution >= 4 is 18.0 Å². The number of aromatic amines is 1. The van der Waals surface area contributed by atoms with E-state index in [4.69, 9.17) is 9.84 Å². The summed E-state index contributed by atoms with van der Waals surface area (Å²) in [5.74, 6) is -1.68. The molecule has 170 valence electrons. The van der Waals surface area contributed by atoms with Gasteiger partial charge in [-0.05, 0) is 34.7 Å². The van der Waals surface area contributed by atoms with Gasteiger partial charge in [0.05, 0.1) is 12.2 Å². The summed E-state index contributed by atoms with van der Waals surface area (Å²) in [5.41, 5.74) is 5.05. The molecule has 2 amide bonds. The number of amides is 2. The SMILES string of the molecule is O=C(O)CCC(NC(=O)OCC1c2ccccc2-c2ccccc21)C(=O)NCc1ccn[nH]1. The Labute approximate surface area is 190 Å². The van der Waals surface area contributed by atoms with E-state index in [0.29, 0.717) is 5.69 Å². The van der Waals surface area contributed by atoms with Gasteiger partial charge in [0, 0.05) is 18.5 Å². The minimum atomic E-state index is -1.06. The molecule has 4 N–H and O–H groups in total. The molecule has 1 aliphatic rings. The molecule has 1 heterocycles. The molecule has 1 aromatic heterocycles. The van der Waals surface area contributed by atoms with Crippen molar-refractivity contribution in [2.75, 3.05) is 6.61 Å². The Morgan fingerprint density at radius 1 is 1.03 bits per heavy atom. The van der Waals surface area contributed by atoms with Crippen LogP contribution in [0, 0.1) is 0 Å². The van der Waals surface area contributed by atoms with E-state index < -0.39 is 24.0 Å². The number of benzene rings is 2. The number of ether oxygens (including phenoxy) is 1. The van der Waals surface area contributed by atoms with Crippen LogP contribution in [0.2, 0.25) is 0 Å². The fraction of sp³-hybridized carbons (Fsp3) is 0.250. The van der Waals surface area contributed by atoms with E-state index in [0.717, 1.165) is 22.3 Å². The zero-order valence-corrected chi connectivity index (χ0v) is 17.8. The van der Waals surface area contributed by atoms with Crippen LogP contribution < -0.4 is 10.6 Å². The standard InChI is InChI=1S/C24H24N4O5/c29-22(30)10-9-21(23(31)25-13-15-11-12-26-28-15)27-24(32)33-14-20-18-7-3-1-5-16(18)17-6-2-4-8-19(17)20/h1-8,11-12,20-21H,9-10,13-14H2,(H,25,31)(H,26,28)(H,27,32)(H,29,30). The third-order valence-corrected chi connectivity index (χ3v) is 5.61. The smallest absolute Gasteiger partial charge is 0.407 e. The molecular weight excluding hydrogens is 424 g/mol. The minimum absolute atomic E-state index is 0.0612. The monoisotopic (exact) mass is 448 g/mol. The Kier molecular flexibility index (Phi) is 6.68. The van der Waals surface area contributed by atoms with Crippen LogP contribution >= 0.6 is 0 Å². The fourth-order valence-electron chi connectivity index (χ4n) is 4.01. The zero-order valence-electron chi connectivity index (χ0n) is 17.8. The molecule has 0 aliphatic heterocycles. The summed E-state index contributed by atoms with van der Waals surface area (Å²) in [7, 11) is 0. The highest BCUT2D eigenvalue weighted by molar-refractivity contribution is 5.86. The third-order valence-electron chi connectivity index (χ3n) is 5.61. The van der Waals surface area contributed by atoms with Crippen molar-refractivity contribution in [2.24, 2.45) is 0 Å². The zero-order chi connectivity index (χ0) is 23.2. The Morgan fingerprint density at radius 3 is 2.30 bits per heavy atom. The summed E-state index contributed by atoms with van der Waals surface area (Å²) in [5, 5.41) is 20.7. The van der Waals surface area contributed by atoms with Crippen LogP contribution in [0.25, 0.3) is 11.1 Å². The second-order valence-corrected chi connectivity index (χ2v) is 7.75. The van der Waals surface area contributed by atoms with Gasteiger partial charge in [0.1, 0.15) is 12.6 Å². The summed E-state index contributed by atoms with van der Waals surface area (Å²) in [6.45, 7) is 0.274. The summed E-state index contributed by atoms with van der Waals surface area (Å²) in [4.78, 5) is 36.1. The molecule has 4 rings (SSSR count). The van der Waals surface area contributed by atoms with Gasteiger partial charge in [-0.2, -0.15) is 5.10 Å². The average Bonchev–Trinajstić information content (AvgIpc) is 3.45. The van der Waals surface area contributed by atoms with Gasteiger partial charge in [0.2, 0.25) is 5.91 Å². The highest BCUT2D eigenvalue weighted by atomic mass is 16.5. The van der Waals surface area contributed by atoms with E-state index >= 15 is 0 Å². The predicted molar refractivity (Wildman–Crippen MR) is 119 cm³/mol. The van der Waals surface area contributed by atoms with E-state index in [2.05, 4.69) is 20.8 Å². The number of nitrogens with one attached hydrogen (secondary N) is 3. The highest BCUT2D eigenvalue weighted by Crippen LogP contribution is 2.44. The molecule has 33 heavy (non-hydrogen) atoms. The van der Waals surface area contributed by atoms with E-state index in [1.165, 1.54) is 0 Å². The third kappa shape index (κ3) is 5.20. The van der Waals surface area contributed by atoms with Crippen molar-refractivity contribution in [1.29, 1.82) is 0 Å². The molecule has 1 unspecified atom stereocenters. The number of carboxylic acid groups (broad SMARTS) is 1. The Hall–Kier alpha value is -4.14. The Balaban J connectivity index is 1.39. The number of aromatic nitrogens is 2.